The lowest BCUT2D eigenvalue weighted by Gasteiger charge is -2.22. The van der Waals surface area contributed by atoms with Gasteiger partial charge in [0, 0.05) is 0 Å². The average Bonchev–Trinajstić information content (AvgIpc) is 2.74. The summed E-state index contributed by atoms with van der Waals surface area (Å²) in [5, 5.41) is 0. The van der Waals surface area contributed by atoms with Crippen LogP contribution in [0, 0.1) is 22.7 Å². The van der Waals surface area contributed by atoms with Crippen molar-refractivity contribution in [2.24, 2.45) is 22.7 Å². The zero-order valence-corrected chi connectivity index (χ0v) is 11.7. The second-order valence-corrected chi connectivity index (χ2v) is 7.32. The van der Waals surface area contributed by atoms with E-state index in [2.05, 4.69) is 13.8 Å². The van der Waals surface area contributed by atoms with E-state index in [1.807, 2.05) is 6.92 Å². The summed E-state index contributed by atoms with van der Waals surface area (Å²) in [5.74, 6) is 1.51. The number of hydrogen-bond donors (Lipinski definition) is 0. The topological polar surface area (TPSA) is 35.5 Å². The Morgan fingerprint density at radius 1 is 1.22 bits per heavy atom. The molecule has 0 amide bonds. The lowest BCUT2D eigenvalue weighted by atomic mass is 9.98. The van der Waals surface area contributed by atoms with Crippen LogP contribution < -0.4 is 0 Å². The van der Waals surface area contributed by atoms with Crippen molar-refractivity contribution in [3.8, 4) is 0 Å². The van der Waals surface area contributed by atoms with Crippen LogP contribution in [-0.2, 0) is 14.3 Å². The molecule has 3 rings (SSSR count). The van der Waals surface area contributed by atoms with Gasteiger partial charge in [0.1, 0.15) is 0 Å². The standard InChI is InChI=1S/C15H24O3/c1-14(2)8-15(14,3)13(16)18-9-17-12-7-10-4-5-11(12)6-10/h10-12H,4-9H2,1-3H3. The SMILES string of the molecule is CC1(C)CC1(C)C(=O)OCOC1CC2CCC1C2. The molecule has 3 heteroatoms. The molecule has 2 bridgehead atoms. The summed E-state index contributed by atoms with van der Waals surface area (Å²) in [6.07, 6.45) is 6.43. The number of fused-ring (bicyclic) bond motifs is 2. The summed E-state index contributed by atoms with van der Waals surface area (Å²) in [6, 6.07) is 0. The van der Waals surface area contributed by atoms with Crippen molar-refractivity contribution in [2.75, 3.05) is 6.79 Å². The molecule has 0 spiro atoms. The highest BCUT2D eigenvalue weighted by atomic mass is 16.7. The molecule has 3 nitrogen and oxygen atoms in total. The summed E-state index contributed by atoms with van der Waals surface area (Å²) in [4.78, 5) is 12.0. The third kappa shape index (κ3) is 1.87. The van der Waals surface area contributed by atoms with Crippen molar-refractivity contribution in [1.82, 2.24) is 0 Å². The summed E-state index contributed by atoms with van der Waals surface area (Å²) in [6.45, 7) is 6.38. The Kier molecular flexibility index (Phi) is 2.74. The normalized spacial score (nSPS) is 44.1. The maximum atomic E-state index is 12.0. The molecule has 3 saturated carbocycles. The van der Waals surface area contributed by atoms with E-state index in [0.717, 1.165) is 18.3 Å². The molecule has 0 saturated heterocycles. The first kappa shape index (κ1) is 12.5. The Morgan fingerprint density at radius 3 is 2.44 bits per heavy atom. The lowest BCUT2D eigenvalue weighted by Crippen LogP contribution is -2.26. The van der Waals surface area contributed by atoms with Gasteiger partial charge in [-0.3, -0.25) is 4.79 Å². The molecule has 0 aromatic heterocycles. The number of rotatable bonds is 4. The Bertz CT molecular complexity index is 363. The second-order valence-electron chi connectivity index (χ2n) is 7.32. The third-order valence-electron chi connectivity index (χ3n) is 5.76. The summed E-state index contributed by atoms with van der Waals surface area (Å²) in [5.41, 5.74) is -0.193. The summed E-state index contributed by atoms with van der Waals surface area (Å²) < 4.78 is 11.1. The fourth-order valence-corrected chi connectivity index (χ4v) is 3.91. The van der Waals surface area contributed by atoms with E-state index in [9.17, 15) is 4.79 Å². The van der Waals surface area contributed by atoms with Gasteiger partial charge < -0.3 is 9.47 Å². The zero-order chi connectivity index (χ0) is 13.0. The molecule has 4 unspecified atom stereocenters. The van der Waals surface area contributed by atoms with Crippen molar-refractivity contribution < 1.29 is 14.3 Å². The fourth-order valence-electron chi connectivity index (χ4n) is 3.91. The highest BCUT2D eigenvalue weighted by Gasteiger charge is 2.63. The highest BCUT2D eigenvalue weighted by Crippen LogP contribution is 2.63. The lowest BCUT2D eigenvalue weighted by molar-refractivity contribution is -0.170. The van der Waals surface area contributed by atoms with E-state index in [-0.39, 0.29) is 23.6 Å². The third-order valence-corrected chi connectivity index (χ3v) is 5.76. The minimum Gasteiger partial charge on any atom is -0.438 e. The molecule has 4 atom stereocenters. The molecule has 0 aromatic carbocycles. The van der Waals surface area contributed by atoms with Crippen molar-refractivity contribution >= 4 is 5.97 Å². The number of esters is 1. The first-order chi connectivity index (χ1) is 8.42. The number of carbonyl (C=O) groups is 1. The second kappa shape index (κ2) is 3.96. The van der Waals surface area contributed by atoms with Crippen LogP contribution in [0.5, 0.6) is 0 Å². The van der Waals surface area contributed by atoms with Gasteiger partial charge in [0.2, 0.25) is 0 Å². The van der Waals surface area contributed by atoms with Crippen LogP contribution in [0.3, 0.4) is 0 Å². The monoisotopic (exact) mass is 252 g/mol. The van der Waals surface area contributed by atoms with Crippen LogP contribution in [0.2, 0.25) is 0 Å². The van der Waals surface area contributed by atoms with Gasteiger partial charge in [-0.25, -0.2) is 0 Å². The van der Waals surface area contributed by atoms with Gasteiger partial charge >= 0.3 is 5.97 Å². The van der Waals surface area contributed by atoms with Crippen LogP contribution >= 0.6 is 0 Å². The minimum absolute atomic E-state index is 0.0874. The van der Waals surface area contributed by atoms with Gasteiger partial charge in [0.15, 0.2) is 6.79 Å². The van der Waals surface area contributed by atoms with Crippen molar-refractivity contribution in [3.05, 3.63) is 0 Å². The van der Waals surface area contributed by atoms with E-state index < -0.39 is 0 Å². The Hall–Kier alpha value is -0.570. The van der Waals surface area contributed by atoms with E-state index in [1.165, 1.54) is 25.7 Å². The predicted octanol–water partition coefficient (Wildman–Crippen LogP) is 3.13. The van der Waals surface area contributed by atoms with Crippen LogP contribution in [-0.4, -0.2) is 18.9 Å². The minimum atomic E-state index is -0.287. The maximum absolute atomic E-state index is 12.0. The first-order valence-corrected chi connectivity index (χ1v) is 7.21. The fraction of sp³-hybridized carbons (Fsp3) is 0.933. The van der Waals surface area contributed by atoms with Gasteiger partial charge in [0.25, 0.3) is 0 Å². The van der Waals surface area contributed by atoms with Crippen LogP contribution in [0.4, 0.5) is 0 Å². The molecule has 0 radical (unpaired) electrons. The van der Waals surface area contributed by atoms with Crippen molar-refractivity contribution in [1.29, 1.82) is 0 Å². The quantitative estimate of drug-likeness (QED) is 0.569. The molecule has 0 aromatic rings. The van der Waals surface area contributed by atoms with Gasteiger partial charge in [0.05, 0.1) is 11.5 Å². The van der Waals surface area contributed by atoms with Gasteiger partial charge in [-0.05, 0) is 56.3 Å². The van der Waals surface area contributed by atoms with Crippen molar-refractivity contribution in [3.63, 3.8) is 0 Å². The molecule has 3 aliphatic carbocycles. The molecular formula is C15H24O3. The first-order valence-electron chi connectivity index (χ1n) is 7.21. The predicted molar refractivity (Wildman–Crippen MR) is 67.8 cm³/mol. The van der Waals surface area contributed by atoms with E-state index in [4.69, 9.17) is 9.47 Å². The smallest absolute Gasteiger partial charge is 0.314 e. The van der Waals surface area contributed by atoms with E-state index in [1.54, 1.807) is 0 Å². The van der Waals surface area contributed by atoms with Gasteiger partial charge in [-0.15, -0.1) is 0 Å². The van der Waals surface area contributed by atoms with Crippen LogP contribution in [0.1, 0.15) is 52.9 Å². The Balaban J connectivity index is 1.42. The van der Waals surface area contributed by atoms with Crippen molar-refractivity contribution in [2.45, 2.75) is 59.0 Å². The Morgan fingerprint density at radius 2 is 1.94 bits per heavy atom. The van der Waals surface area contributed by atoms with Crippen LogP contribution in [0.25, 0.3) is 0 Å². The Labute approximate surface area is 109 Å². The number of ether oxygens (including phenoxy) is 2. The molecular weight excluding hydrogens is 228 g/mol. The zero-order valence-electron chi connectivity index (χ0n) is 11.7. The molecule has 102 valence electrons. The van der Waals surface area contributed by atoms with Gasteiger partial charge in [-0.2, -0.15) is 0 Å². The molecule has 3 aliphatic rings. The highest BCUT2D eigenvalue weighted by molar-refractivity contribution is 5.81. The molecule has 3 fully saturated rings. The number of carbonyl (C=O) groups excluding carboxylic acids is 1. The van der Waals surface area contributed by atoms with Crippen LogP contribution in [0.15, 0.2) is 0 Å². The average molecular weight is 252 g/mol. The maximum Gasteiger partial charge on any atom is 0.314 e. The molecule has 18 heavy (non-hydrogen) atoms. The molecule has 0 aliphatic heterocycles. The summed E-state index contributed by atoms with van der Waals surface area (Å²) >= 11 is 0. The summed E-state index contributed by atoms with van der Waals surface area (Å²) in [7, 11) is 0. The number of hydrogen-bond acceptors (Lipinski definition) is 3. The van der Waals surface area contributed by atoms with Gasteiger partial charge in [-0.1, -0.05) is 13.8 Å². The van der Waals surface area contributed by atoms with E-state index >= 15 is 0 Å². The largest absolute Gasteiger partial charge is 0.438 e. The van der Waals surface area contributed by atoms with E-state index in [0.29, 0.717) is 6.10 Å². The molecule has 0 N–H and O–H groups in total. The molecule has 0 heterocycles.